The fourth-order valence-corrected chi connectivity index (χ4v) is 1.81. The highest BCUT2D eigenvalue weighted by atomic mass is 35.5. The first-order chi connectivity index (χ1) is 6.57. The third-order valence-electron chi connectivity index (χ3n) is 2.28. The van der Waals surface area contributed by atoms with Crippen molar-refractivity contribution in [2.75, 3.05) is 0 Å². The zero-order valence-electron chi connectivity index (χ0n) is 8.18. The van der Waals surface area contributed by atoms with E-state index in [1.165, 1.54) is 0 Å². The number of hydrogen-bond donors (Lipinski definition) is 0. The molecule has 0 radical (unpaired) electrons. The average Bonchev–Trinajstić information content (AvgIpc) is 2.20. The van der Waals surface area contributed by atoms with Crippen LogP contribution < -0.4 is 0 Å². The van der Waals surface area contributed by atoms with Gasteiger partial charge in [0.15, 0.2) is 0 Å². The van der Waals surface area contributed by atoms with E-state index in [-0.39, 0.29) is 11.7 Å². The van der Waals surface area contributed by atoms with Gasteiger partial charge in [-0.05, 0) is 11.6 Å². The highest BCUT2D eigenvalue weighted by Crippen LogP contribution is 2.31. The Bertz CT molecular complexity index is 347. The lowest BCUT2D eigenvalue weighted by molar-refractivity contribution is -0.119. The molecule has 0 N–H and O–H groups in total. The van der Waals surface area contributed by atoms with Crippen molar-refractivity contribution in [2.45, 2.75) is 26.2 Å². The molecule has 0 aliphatic heterocycles. The molecule has 0 aliphatic rings. The topological polar surface area (TPSA) is 17.1 Å². The predicted octanol–water partition coefficient (Wildman–Crippen LogP) is 4.08. The van der Waals surface area contributed by atoms with E-state index in [2.05, 4.69) is 0 Å². The highest BCUT2D eigenvalue weighted by Gasteiger charge is 2.17. The van der Waals surface area contributed by atoms with Crippen LogP contribution in [0.3, 0.4) is 0 Å². The van der Waals surface area contributed by atoms with Gasteiger partial charge < -0.3 is 0 Å². The second-order valence-corrected chi connectivity index (χ2v) is 3.97. The van der Waals surface area contributed by atoms with Gasteiger partial charge in [-0.15, -0.1) is 0 Å². The number of carbonyl (C=O) groups excluding carboxylic acids is 1. The molecule has 0 saturated carbocycles. The van der Waals surface area contributed by atoms with E-state index in [0.717, 1.165) is 5.56 Å². The van der Waals surface area contributed by atoms with Gasteiger partial charge in [0.2, 0.25) is 0 Å². The smallest absolute Gasteiger partial charge is 0.139 e. The summed E-state index contributed by atoms with van der Waals surface area (Å²) >= 11 is 11.9. The van der Waals surface area contributed by atoms with Crippen molar-refractivity contribution in [1.29, 1.82) is 0 Å². The summed E-state index contributed by atoms with van der Waals surface area (Å²) in [6.45, 7) is 3.70. The van der Waals surface area contributed by atoms with Crippen LogP contribution in [0.4, 0.5) is 0 Å². The van der Waals surface area contributed by atoms with Gasteiger partial charge in [-0.1, -0.05) is 49.2 Å². The normalized spacial score (nSPS) is 12.6. The van der Waals surface area contributed by atoms with Gasteiger partial charge in [0.1, 0.15) is 5.78 Å². The molecule has 1 unspecified atom stereocenters. The SMILES string of the molecule is CCC(=O)C(C)c1cccc(Cl)c1Cl. The summed E-state index contributed by atoms with van der Waals surface area (Å²) in [5.74, 6) is 0.000340. The van der Waals surface area contributed by atoms with E-state index in [9.17, 15) is 4.79 Å². The van der Waals surface area contributed by atoms with Crippen molar-refractivity contribution in [2.24, 2.45) is 0 Å². The molecule has 0 aliphatic carbocycles. The van der Waals surface area contributed by atoms with Crippen molar-refractivity contribution < 1.29 is 4.79 Å². The molecule has 76 valence electrons. The molecular formula is C11H12Cl2O. The summed E-state index contributed by atoms with van der Waals surface area (Å²) < 4.78 is 0. The number of benzene rings is 1. The minimum absolute atomic E-state index is 0.175. The fourth-order valence-electron chi connectivity index (χ4n) is 1.33. The number of ketones is 1. The minimum atomic E-state index is -0.175. The second-order valence-electron chi connectivity index (χ2n) is 3.18. The lowest BCUT2D eigenvalue weighted by Gasteiger charge is -2.12. The Kier molecular flexibility index (Phi) is 3.97. The molecular weight excluding hydrogens is 219 g/mol. The summed E-state index contributed by atoms with van der Waals surface area (Å²) in [4.78, 5) is 11.5. The minimum Gasteiger partial charge on any atom is -0.299 e. The molecule has 0 spiro atoms. The Morgan fingerprint density at radius 2 is 2.07 bits per heavy atom. The molecule has 1 atom stereocenters. The Labute approximate surface area is 94.0 Å². The third-order valence-corrected chi connectivity index (χ3v) is 3.11. The van der Waals surface area contributed by atoms with E-state index in [1.54, 1.807) is 6.07 Å². The van der Waals surface area contributed by atoms with Gasteiger partial charge in [-0.2, -0.15) is 0 Å². The van der Waals surface area contributed by atoms with Gasteiger partial charge in [0.05, 0.1) is 10.0 Å². The van der Waals surface area contributed by atoms with Crippen molar-refractivity contribution in [3.05, 3.63) is 33.8 Å². The Hall–Kier alpha value is -0.530. The maximum Gasteiger partial charge on any atom is 0.139 e. The highest BCUT2D eigenvalue weighted by molar-refractivity contribution is 6.42. The number of Topliss-reactive ketones (excluding diaryl/α,β-unsaturated/α-hetero) is 1. The fraction of sp³-hybridized carbons (Fsp3) is 0.364. The molecule has 0 heterocycles. The first-order valence-corrected chi connectivity index (χ1v) is 5.30. The predicted molar refractivity (Wildman–Crippen MR) is 60.2 cm³/mol. The largest absolute Gasteiger partial charge is 0.299 e. The zero-order chi connectivity index (χ0) is 10.7. The van der Waals surface area contributed by atoms with Crippen LogP contribution >= 0.6 is 23.2 Å². The Morgan fingerprint density at radius 3 is 2.64 bits per heavy atom. The van der Waals surface area contributed by atoms with E-state index >= 15 is 0 Å². The summed E-state index contributed by atoms with van der Waals surface area (Å²) in [7, 11) is 0. The molecule has 1 aromatic carbocycles. The molecule has 1 aromatic rings. The van der Waals surface area contributed by atoms with Gasteiger partial charge in [0.25, 0.3) is 0 Å². The van der Waals surface area contributed by atoms with Crippen molar-refractivity contribution in [1.82, 2.24) is 0 Å². The first-order valence-electron chi connectivity index (χ1n) is 4.54. The van der Waals surface area contributed by atoms with Gasteiger partial charge in [0, 0.05) is 12.3 Å². The zero-order valence-corrected chi connectivity index (χ0v) is 9.69. The molecule has 0 saturated heterocycles. The van der Waals surface area contributed by atoms with Crippen LogP contribution in [0.1, 0.15) is 31.7 Å². The molecule has 1 nitrogen and oxygen atoms in total. The van der Waals surface area contributed by atoms with Crippen molar-refractivity contribution in [3.63, 3.8) is 0 Å². The molecule has 14 heavy (non-hydrogen) atoms. The van der Waals surface area contributed by atoms with Gasteiger partial charge >= 0.3 is 0 Å². The lowest BCUT2D eigenvalue weighted by Crippen LogP contribution is -2.07. The van der Waals surface area contributed by atoms with Crippen LogP contribution in [-0.2, 0) is 4.79 Å². The molecule has 0 fully saturated rings. The number of rotatable bonds is 3. The quantitative estimate of drug-likeness (QED) is 0.766. The van der Waals surface area contributed by atoms with E-state index in [4.69, 9.17) is 23.2 Å². The maximum atomic E-state index is 11.5. The van der Waals surface area contributed by atoms with Crippen molar-refractivity contribution in [3.8, 4) is 0 Å². The number of hydrogen-bond acceptors (Lipinski definition) is 1. The van der Waals surface area contributed by atoms with Crippen molar-refractivity contribution >= 4 is 29.0 Å². The molecule has 0 amide bonds. The van der Waals surface area contributed by atoms with Crippen LogP contribution in [0, 0.1) is 0 Å². The molecule has 0 bridgehead atoms. The third kappa shape index (κ3) is 2.28. The number of halogens is 2. The van der Waals surface area contributed by atoms with Gasteiger partial charge in [-0.25, -0.2) is 0 Å². The van der Waals surface area contributed by atoms with Crippen LogP contribution in [0.15, 0.2) is 18.2 Å². The summed E-state index contributed by atoms with van der Waals surface area (Å²) in [6, 6.07) is 5.37. The summed E-state index contributed by atoms with van der Waals surface area (Å²) in [5, 5.41) is 0.989. The van der Waals surface area contributed by atoms with Crippen LogP contribution in [0.5, 0.6) is 0 Å². The molecule has 0 aromatic heterocycles. The summed E-state index contributed by atoms with van der Waals surface area (Å²) in [6.07, 6.45) is 0.518. The molecule has 3 heteroatoms. The monoisotopic (exact) mass is 230 g/mol. The first kappa shape index (κ1) is 11.5. The van der Waals surface area contributed by atoms with E-state index < -0.39 is 0 Å². The lowest BCUT2D eigenvalue weighted by atomic mass is 9.95. The standard InChI is InChI=1S/C11H12Cl2O/c1-3-10(14)7(2)8-5-4-6-9(12)11(8)13/h4-7H,3H2,1-2H3. The second kappa shape index (κ2) is 4.81. The van der Waals surface area contributed by atoms with Crippen LogP contribution in [-0.4, -0.2) is 5.78 Å². The van der Waals surface area contributed by atoms with E-state index in [0.29, 0.717) is 16.5 Å². The Balaban J connectivity index is 3.07. The molecule has 1 rings (SSSR count). The van der Waals surface area contributed by atoms with E-state index in [1.807, 2.05) is 26.0 Å². The summed E-state index contributed by atoms with van der Waals surface area (Å²) in [5.41, 5.74) is 0.811. The Morgan fingerprint density at radius 1 is 1.43 bits per heavy atom. The van der Waals surface area contributed by atoms with Crippen LogP contribution in [0.2, 0.25) is 10.0 Å². The van der Waals surface area contributed by atoms with Crippen LogP contribution in [0.25, 0.3) is 0 Å². The maximum absolute atomic E-state index is 11.5. The number of carbonyl (C=O) groups is 1. The average molecular weight is 231 g/mol. The van der Waals surface area contributed by atoms with Gasteiger partial charge in [-0.3, -0.25) is 4.79 Å².